The second-order valence-corrected chi connectivity index (χ2v) is 9.15. The number of nitrogens with one attached hydrogen (secondary N) is 1. The standard InChI is InChI=1S/C27H37N3O4/c1-29-12-8-9-19-15-20(10-11-22(19)29)23(30-13-6-5-7-14-30)18-28-27(31)21-16-24(32-2)26(34-4)25(17-21)33-3/h10-11,15-17,23H,5-9,12-14,18H2,1-4H3,(H,28,31)/t23-/m1/s1. The van der Waals surface area contributed by atoms with Gasteiger partial charge in [-0.3, -0.25) is 9.69 Å². The van der Waals surface area contributed by atoms with E-state index in [1.165, 1.54) is 42.5 Å². The molecule has 7 heteroatoms. The number of amides is 1. The lowest BCUT2D eigenvalue weighted by Crippen LogP contribution is -2.40. The van der Waals surface area contributed by atoms with Gasteiger partial charge in [-0.05, 0) is 68.1 Å². The lowest BCUT2D eigenvalue weighted by molar-refractivity contribution is 0.0923. The topological polar surface area (TPSA) is 63.3 Å². The molecule has 0 saturated carbocycles. The molecule has 2 aliphatic heterocycles. The highest BCUT2D eigenvalue weighted by Crippen LogP contribution is 2.38. The van der Waals surface area contributed by atoms with E-state index in [1.807, 2.05) is 0 Å². The van der Waals surface area contributed by atoms with E-state index in [2.05, 4.69) is 40.4 Å². The van der Waals surface area contributed by atoms with Gasteiger partial charge >= 0.3 is 0 Å². The van der Waals surface area contributed by atoms with Gasteiger partial charge in [0.05, 0.1) is 27.4 Å². The van der Waals surface area contributed by atoms with Gasteiger partial charge < -0.3 is 24.4 Å². The average Bonchev–Trinajstić information content (AvgIpc) is 2.88. The zero-order valence-electron chi connectivity index (χ0n) is 20.9. The summed E-state index contributed by atoms with van der Waals surface area (Å²) in [6.45, 7) is 3.76. The van der Waals surface area contributed by atoms with Crippen molar-refractivity contribution in [2.45, 2.75) is 38.1 Å². The van der Waals surface area contributed by atoms with Crippen molar-refractivity contribution in [2.75, 3.05) is 59.5 Å². The van der Waals surface area contributed by atoms with Crippen LogP contribution in [0.2, 0.25) is 0 Å². The minimum Gasteiger partial charge on any atom is -0.493 e. The fourth-order valence-corrected chi connectivity index (χ4v) is 5.20. The van der Waals surface area contributed by atoms with Crippen LogP contribution in [0, 0.1) is 0 Å². The van der Waals surface area contributed by atoms with Crippen molar-refractivity contribution in [3.63, 3.8) is 0 Å². The third-order valence-electron chi connectivity index (χ3n) is 7.05. The molecule has 1 fully saturated rings. The van der Waals surface area contributed by atoms with Gasteiger partial charge in [0.25, 0.3) is 5.91 Å². The third-order valence-corrected chi connectivity index (χ3v) is 7.05. The SMILES string of the molecule is COc1cc(C(=O)NC[C@H](c2ccc3c(c2)CCCN3C)N2CCCCC2)cc(OC)c1OC. The first kappa shape index (κ1) is 24.2. The number of ether oxygens (including phenoxy) is 3. The maximum Gasteiger partial charge on any atom is 0.251 e. The van der Waals surface area contributed by atoms with E-state index >= 15 is 0 Å². The number of hydrogen-bond acceptors (Lipinski definition) is 6. The summed E-state index contributed by atoms with van der Waals surface area (Å²) < 4.78 is 16.2. The van der Waals surface area contributed by atoms with Gasteiger partial charge in [0.2, 0.25) is 5.75 Å². The Hall–Kier alpha value is -2.93. The van der Waals surface area contributed by atoms with Crippen LogP contribution in [0.25, 0.3) is 0 Å². The summed E-state index contributed by atoms with van der Waals surface area (Å²) in [5, 5.41) is 3.18. The monoisotopic (exact) mass is 467 g/mol. The highest BCUT2D eigenvalue weighted by Gasteiger charge is 2.25. The average molecular weight is 468 g/mol. The van der Waals surface area contributed by atoms with Gasteiger partial charge in [0.1, 0.15) is 0 Å². The Balaban J connectivity index is 1.56. The number of anilines is 1. The number of hydrogen-bond donors (Lipinski definition) is 1. The molecule has 34 heavy (non-hydrogen) atoms. The Morgan fingerprint density at radius 1 is 0.941 bits per heavy atom. The quantitative estimate of drug-likeness (QED) is 0.632. The normalized spacial score (nSPS) is 17.0. The van der Waals surface area contributed by atoms with E-state index in [4.69, 9.17) is 14.2 Å². The number of fused-ring (bicyclic) bond motifs is 1. The molecule has 0 spiro atoms. The molecule has 2 heterocycles. The number of likely N-dealkylation sites (tertiary alicyclic amines) is 1. The molecule has 7 nitrogen and oxygen atoms in total. The molecule has 2 aliphatic rings. The maximum atomic E-state index is 13.2. The molecular weight excluding hydrogens is 430 g/mol. The van der Waals surface area contributed by atoms with E-state index in [-0.39, 0.29) is 11.9 Å². The van der Waals surface area contributed by atoms with Gasteiger partial charge in [-0.15, -0.1) is 0 Å². The summed E-state index contributed by atoms with van der Waals surface area (Å²) in [5.41, 5.74) is 4.50. The molecule has 1 N–H and O–H groups in total. The molecule has 4 rings (SSSR count). The second-order valence-electron chi connectivity index (χ2n) is 9.15. The zero-order chi connectivity index (χ0) is 24.1. The van der Waals surface area contributed by atoms with Crippen LogP contribution in [0.15, 0.2) is 30.3 Å². The molecule has 0 radical (unpaired) electrons. The van der Waals surface area contributed by atoms with Crippen LogP contribution in [-0.2, 0) is 6.42 Å². The number of rotatable bonds is 8. The molecule has 2 aromatic rings. The summed E-state index contributed by atoms with van der Waals surface area (Å²) in [5.74, 6) is 1.27. The van der Waals surface area contributed by atoms with Crippen LogP contribution in [0.3, 0.4) is 0 Å². The molecule has 0 bridgehead atoms. The summed E-state index contributed by atoms with van der Waals surface area (Å²) in [6.07, 6.45) is 5.96. The first-order chi connectivity index (χ1) is 16.5. The summed E-state index contributed by atoms with van der Waals surface area (Å²) >= 11 is 0. The van der Waals surface area contributed by atoms with Crippen molar-refractivity contribution in [3.8, 4) is 17.2 Å². The van der Waals surface area contributed by atoms with E-state index in [0.29, 0.717) is 29.4 Å². The largest absolute Gasteiger partial charge is 0.493 e. The highest BCUT2D eigenvalue weighted by atomic mass is 16.5. The number of piperidine rings is 1. The van der Waals surface area contributed by atoms with Crippen LogP contribution in [0.5, 0.6) is 17.2 Å². The molecule has 0 aromatic heterocycles. The molecule has 0 aliphatic carbocycles. The summed E-state index contributed by atoms with van der Waals surface area (Å²) in [6, 6.07) is 10.4. The van der Waals surface area contributed by atoms with E-state index in [0.717, 1.165) is 26.1 Å². The first-order valence-corrected chi connectivity index (χ1v) is 12.2. The fourth-order valence-electron chi connectivity index (χ4n) is 5.20. The minimum absolute atomic E-state index is 0.142. The zero-order valence-corrected chi connectivity index (χ0v) is 20.9. The Bertz CT molecular complexity index is 978. The number of aryl methyl sites for hydroxylation is 1. The third kappa shape index (κ3) is 5.09. The number of carbonyl (C=O) groups excluding carboxylic acids is 1. The van der Waals surface area contributed by atoms with E-state index in [1.54, 1.807) is 33.5 Å². The Labute approximate surface area is 203 Å². The number of carbonyl (C=O) groups is 1. The number of methoxy groups -OCH3 is 3. The molecular formula is C27H37N3O4. The van der Waals surface area contributed by atoms with E-state index in [9.17, 15) is 4.79 Å². The van der Waals surface area contributed by atoms with Crippen LogP contribution in [0.4, 0.5) is 5.69 Å². The Morgan fingerprint density at radius 3 is 2.29 bits per heavy atom. The molecule has 2 aromatic carbocycles. The fraction of sp³-hybridized carbons (Fsp3) is 0.519. The lowest BCUT2D eigenvalue weighted by Gasteiger charge is -2.36. The highest BCUT2D eigenvalue weighted by molar-refractivity contribution is 5.95. The maximum absolute atomic E-state index is 13.2. The number of benzene rings is 2. The molecule has 0 unspecified atom stereocenters. The predicted octanol–water partition coefficient (Wildman–Crippen LogP) is 4.05. The van der Waals surface area contributed by atoms with Crippen LogP contribution in [-0.4, -0.2) is 65.4 Å². The van der Waals surface area contributed by atoms with Crippen LogP contribution in [0.1, 0.15) is 53.2 Å². The molecule has 1 amide bonds. The van der Waals surface area contributed by atoms with Crippen molar-refractivity contribution < 1.29 is 19.0 Å². The molecule has 1 atom stereocenters. The van der Waals surface area contributed by atoms with Crippen molar-refractivity contribution in [1.82, 2.24) is 10.2 Å². The van der Waals surface area contributed by atoms with E-state index < -0.39 is 0 Å². The molecule has 184 valence electrons. The smallest absolute Gasteiger partial charge is 0.251 e. The summed E-state index contributed by atoms with van der Waals surface area (Å²) in [4.78, 5) is 18.0. The minimum atomic E-state index is -0.154. The van der Waals surface area contributed by atoms with Crippen LogP contribution >= 0.6 is 0 Å². The van der Waals surface area contributed by atoms with Gasteiger partial charge in [-0.2, -0.15) is 0 Å². The molecule has 1 saturated heterocycles. The van der Waals surface area contributed by atoms with Gasteiger partial charge in [0, 0.05) is 31.4 Å². The second kappa shape index (κ2) is 11.0. The Morgan fingerprint density at radius 2 is 1.65 bits per heavy atom. The van der Waals surface area contributed by atoms with Gasteiger partial charge in [-0.25, -0.2) is 0 Å². The summed E-state index contributed by atoms with van der Waals surface area (Å²) in [7, 11) is 6.83. The number of nitrogens with zero attached hydrogens (tertiary/aromatic N) is 2. The van der Waals surface area contributed by atoms with Crippen LogP contribution < -0.4 is 24.4 Å². The van der Waals surface area contributed by atoms with Gasteiger partial charge in [0.15, 0.2) is 11.5 Å². The van der Waals surface area contributed by atoms with Gasteiger partial charge in [-0.1, -0.05) is 18.6 Å². The van der Waals surface area contributed by atoms with Crippen molar-refractivity contribution in [1.29, 1.82) is 0 Å². The predicted molar refractivity (Wildman–Crippen MR) is 135 cm³/mol. The van der Waals surface area contributed by atoms with Crippen molar-refractivity contribution >= 4 is 11.6 Å². The Kier molecular flexibility index (Phi) is 7.83. The van der Waals surface area contributed by atoms with Crippen molar-refractivity contribution in [2.24, 2.45) is 0 Å². The lowest BCUT2D eigenvalue weighted by atomic mass is 9.95. The van der Waals surface area contributed by atoms with Crippen molar-refractivity contribution in [3.05, 3.63) is 47.0 Å². The first-order valence-electron chi connectivity index (χ1n) is 12.2.